The Kier molecular flexibility index (Phi) is 6.36. The Hall–Kier alpha value is -2.80. The molecule has 0 fully saturated rings. The van der Waals surface area contributed by atoms with Crippen molar-refractivity contribution >= 4 is 29.4 Å². The predicted molar refractivity (Wildman–Crippen MR) is 104 cm³/mol. The summed E-state index contributed by atoms with van der Waals surface area (Å²) in [6.45, 7) is 4.39. The highest BCUT2D eigenvalue weighted by Crippen LogP contribution is 2.32. The molecule has 0 unspecified atom stereocenters. The van der Waals surface area contributed by atoms with Crippen LogP contribution < -0.4 is 9.47 Å². The molecule has 2 heterocycles. The van der Waals surface area contributed by atoms with E-state index in [0.29, 0.717) is 27.8 Å². The Morgan fingerprint density at radius 3 is 2.89 bits per heavy atom. The molecule has 1 aromatic heterocycles. The van der Waals surface area contributed by atoms with Crippen LogP contribution in [-0.2, 0) is 16.1 Å². The number of hydrogen-bond acceptors (Lipinski definition) is 6. The number of hydrogen-bond donors (Lipinski definition) is 0. The maximum atomic E-state index is 12.2. The molecular formula is C20H21ClN2O5. The lowest BCUT2D eigenvalue weighted by molar-refractivity contribution is -0.136. The first-order valence-corrected chi connectivity index (χ1v) is 9.38. The van der Waals surface area contributed by atoms with E-state index in [4.69, 9.17) is 25.8 Å². The van der Waals surface area contributed by atoms with Gasteiger partial charge in [-0.15, -0.1) is 0 Å². The predicted octanol–water partition coefficient (Wildman–Crippen LogP) is 3.81. The van der Waals surface area contributed by atoms with Crippen molar-refractivity contribution in [1.29, 1.82) is 0 Å². The van der Waals surface area contributed by atoms with Crippen molar-refractivity contribution in [2.45, 2.75) is 33.2 Å². The highest BCUT2D eigenvalue weighted by Gasteiger charge is 2.17. The number of halogens is 1. The van der Waals surface area contributed by atoms with E-state index in [9.17, 15) is 9.59 Å². The van der Waals surface area contributed by atoms with Crippen molar-refractivity contribution in [3.8, 4) is 11.5 Å². The number of carbonyl (C=O) groups is 2. The minimum atomic E-state index is -0.633. The Morgan fingerprint density at radius 2 is 2.11 bits per heavy atom. The molecule has 0 N–H and O–H groups in total. The molecule has 3 rings (SSSR count). The lowest BCUT2D eigenvalue weighted by Gasteiger charge is -2.03. The summed E-state index contributed by atoms with van der Waals surface area (Å²) in [5.41, 5.74) is 1.77. The molecule has 0 bridgehead atoms. The van der Waals surface area contributed by atoms with Crippen molar-refractivity contribution in [3.05, 3.63) is 46.2 Å². The number of ether oxygens (including phenoxy) is 3. The second-order valence-electron chi connectivity index (χ2n) is 6.30. The van der Waals surface area contributed by atoms with Gasteiger partial charge >= 0.3 is 5.97 Å². The Balaban J connectivity index is 1.57. The number of ketones is 1. The highest BCUT2D eigenvalue weighted by atomic mass is 35.5. The Bertz CT molecular complexity index is 920. The van der Waals surface area contributed by atoms with Gasteiger partial charge in [0.1, 0.15) is 5.15 Å². The van der Waals surface area contributed by atoms with E-state index in [0.717, 1.165) is 25.1 Å². The molecular weight excluding hydrogens is 384 g/mol. The van der Waals surface area contributed by atoms with Crippen LogP contribution in [0.4, 0.5) is 0 Å². The normalized spacial score (nSPS) is 12.5. The van der Waals surface area contributed by atoms with Crippen LogP contribution in [-0.4, -0.2) is 34.9 Å². The van der Waals surface area contributed by atoms with Crippen molar-refractivity contribution < 1.29 is 23.8 Å². The van der Waals surface area contributed by atoms with Gasteiger partial charge in [0.05, 0.1) is 5.69 Å². The van der Waals surface area contributed by atoms with E-state index in [2.05, 4.69) is 12.0 Å². The van der Waals surface area contributed by atoms with E-state index >= 15 is 0 Å². The maximum Gasteiger partial charge on any atom is 0.331 e. The molecule has 1 aliphatic rings. The van der Waals surface area contributed by atoms with Crippen LogP contribution in [0, 0.1) is 6.92 Å². The zero-order chi connectivity index (χ0) is 20.1. The summed E-state index contributed by atoms with van der Waals surface area (Å²) < 4.78 is 17.2. The van der Waals surface area contributed by atoms with Gasteiger partial charge in [-0.05, 0) is 37.6 Å². The number of esters is 1. The van der Waals surface area contributed by atoms with Gasteiger partial charge < -0.3 is 14.2 Å². The first-order valence-electron chi connectivity index (χ1n) is 9.00. The minimum Gasteiger partial charge on any atom is -0.454 e. The SMILES string of the molecule is CCCCn1nc(C)c(/C=C/C(=O)OCC(=O)c2ccc3c(c2)OCO3)c1Cl. The van der Waals surface area contributed by atoms with Gasteiger partial charge in [0, 0.05) is 23.7 Å². The second-order valence-corrected chi connectivity index (χ2v) is 6.66. The molecule has 7 nitrogen and oxygen atoms in total. The molecule has 0 saturated heterocycles. The number of carbonyl (C=O) groups excluding carboxylic acids is 2. The number of benzene rings is 1. The van der Waals surface area contributed by atoms with E-state index in [1.54, 1.807) is 29.0 Å². The molecule has 0 spiro atoms. The molecule has 0 aliphatic carbocycles. The van der Waals surface area contributed by atoms with Crippen molar-refractivity contribution in [2.75, 3.05) is 13.4 Å². The number of aromatic nitrogens is 2. The molecule has 0 radical (unpaired) electrons. The van der Waals surface area contributed by atoms with Gasteiger partial charge in [0.25, 0.3) is 0 Å². The average Bonchev–Trinajstić information content (AvgIpc) is 3.26. The van der Waals surface area contributed by atoms with Gasteiger partial charge in [-0.1, -0.05) is 24.9 Å². The second kappa shape index (κ2) is 8.93. The van der Waals surface area contributed by atoms with Crippen molar-refractivity contribution in [2.24, 2.45) is 0 Å². The summed E-state index contributed by atoms with van der Waals surface area (Å²) in [6, 6.07) is 4.83. The van der Waals surface area contributed by atoms with E-state index in [1.165, 1.54) is 6.08 Å². The summed E-state index contributed by atoms with van der Waals surface area (Å²) in [7, 11) is 0. The van der Waals surface area contributed by atoms with Gasteiger partial charge in [-0.2, -0.15) is 5.10 Å². The van der Waals surface area contributed by atoms with Crippen molar-refractivity contribution in [1.82, 2.24) is 9.78 Å². The molecule has 28 heavy (non-hydrogen) atoms. The summed E-state index contributed by atoms with van der Waals surface area (Å²) in [4.78, 5) is 24.2. The fraction of sp³-hybridized carbons (Fsp3) is 0.350. The van der Waals surface area contributed by atoms with Crippen LogP contribution in [0.15, 0.2) is 24.3 Å². The van der Waals surface area contributed by atoms with Crippen LogP contribution in [0.2, 0.25) is 5.15 Å². The molecule has 8 heteroatoms. The zero-order valence-corrected chi connectivity index (χ0v) is 16.5. The first-order chi connectivity index (χ1) is 13.5. The molecule has 148 valence electrons. The van der Waals surface area contributed by atoms with Crippen LogP contribution in [0.25, 0.3) is 6.08 Å². The van der Waals surface area contributed by atoms with Gasteiger partial charge in [0.15, 0.2) is 23.9 Å². The lowest BCUT2D eigenvalue weighted by atomic mass is 10.1. The quantitative estimate of drug-likeness (QED) is 0.378. The number of unbranched alkanes of at least 4 members (excludes halogenated alkanes) is 1. The molecule has 1 aromatic carbocycles. The molecule has 1 aliphatic heterocycles. The monoisotopic (exact) mass is 404 g/mol. The first kappa shape index (κ1) is 19.9. The maximum absolute atomic E-state index is 12.2. The third-order valence-electron chi connectivity index (χ3n) is 4.26. The van der Waals surface area contributed by atoms with Crippen LogP contribution in [0.3, 0.4) is 0 Å². The molecule has 0 amide bonds. The average molecular weight is 405 g/mol. The van der Waals surface area contributed by atoms with E-state index in [1.807, 2.05) is 6.92 Å². The topological polar surface area (TPSA) is 79.7 Å². The molecule has 0 atom stereocenters. The smallest absolute Gasteiger partial charge is 0.331 e. The molecule has 0 saturated carbocycles. The number of aryl methyl sites for hydroxylation is 2. The minimum absolute atomic E-state index is 0.129. The fourth-order valence-electron chi connectivity index (χ4n) is 2.70. The van der Waals surface area contributed by atoms with Gasteiger partial charge in [-0.25, -0.2) is 4.79 Å². The highest BCUT2D eigenvalue weighted by molar-refractivity contribution is 6.31. The third kappa shape index (κ3) is 4.54. The number of Topliss-reactive ketones (excluding diaryl/α,β-unsaturated/α-hetero) is 1. The number of nitrogens with zero attached hydrogens (tertiary/aromatic N) is 2. The standard InChI is InChI=1S/C20H21ClN2O5/c1-3-4-9-23-20(21)15(13(2)22-23)6-8-19(25)26-11-16(24)14-5-7-17-18(10-14)28-12-27-17/h5-8,10H,3-4,9,11-12H2,1-2H3/b8-6+. The van der Waals surface area contributed by atoms with Crippen LogP contribution in [0.5, 0.6) is 11.5 Å². The number of rotatable bonds is 8. The Labute approximate surface area is 167 Å². The Morgan fingerprint density at radius 1 is 1.32 bits per heavy atom. The van der Waals surface area contributed by atoms with Crippen LogP contribution in [0.1, 0.15) is 41.4 Å². The van der Waals surface area contributed by atoms with Crippen LogP contribution >= 0.6 is 11.6 Å². The van der Waals surface area contributed by atoms with Crippen molar-refractivity contribution in [3.63, 3.8) is 0 Å². The summed E-state index contributed by atoms with van der Waals surface area (Å²) >= 11 is 6.32. The van der Waals surface area contributed by atoms with Gasteiger partial charge in [-0.3, -0.25) is 9.48 Å². The molecule has 2 aromatic rings. The van der Waals surface area contributed by atoms with E-state index < -0.39 is 5.97 Å². The summed E-state index contributed by atoms with van der Waals surface area (Å²) in [6.07, 6.45) is 4.80. The third-order valence-corrected chi connectivity index (χ3v) is 4.66. The van der Waals surface area contributed by atoms with Gasteiger partial charge in [0.2, 0.25) is 6.79 Å². The largest absolute Gasteiger partial charge is 0.454 e. The fourth-order valence-corrected chi connectivity index (χ4v) is 3.02. The summed E-state index contributed by atoms with van der Waals surface area (Å²) in [5.74, 6) is 0.123. The van der Waals surface area contributed by atoms with E-state index in [-0.39, 0.29) is 19.2 Å². The number of fused-ring (bicyclic) bond motifs is 1. The summed E-state index contributed by atoms with van der Waals surface area (Å²) in [5, 5.41) is 4.85. The lowest BCUT2D eigenvalue weighted by Crippen LogP contribution is -2.12. The zero-order valence-electron chi connectivity index (χ0n) is 15.7.